The molecule has 2 fully saturated rings. The third-order valence-electron chi connectivity index (χ3n) is 4.61. The number of rotatable bonds is 1. The molecule has 2 aliphatic carbocycles. The van der Waals surface area contributed by atoms with Gasteiger partial charge in [0.25, 0.3) is 0 Å². The van der Waals surface area contributed by atoms with Crippen LogP contribution in [0.15, 0.2) is 11.8 Å². The quantitative estimate of drug-likeness (QED) is 0.697. The largest absolute Gasteiger partial charge is 0.493 e. The van der Waals surface area contributed by atoms with Crippen LogP contribution < -0.4 is 0 Å². The zero-order valence-corrected chi connectivity index (χ0v) is 13.7. The monoisotopic (exact) mass is 294 g/mol. The molecule has 0 N–H and O–H groups in total. The molecule has 3 rings (SSSR count). The fraction of sp³-hybridized carbons (Fsp3) is 0.765. The van der Waals surface area contributed by atoms with Crippen molar-refractivity contribution in [3.63, 3.8) is 0 Å². The number of hydrogen-bond donors (Lipinski definition) is 0. The van der Waals surface area contributed by atoms with E-state index < -0.39 is 0 Å². The average Bonchev–Trinajstić information content (AvgIpc) is 3.20. The summed E-state index contributed by atoms with van der Waals surface area (Å²) in [7, 11) is 1.55. The molecule has 3 aliphatic rings. The van der Waals surface area contributed by atoms with Gasteiger partial charge in [0.05, 0.1) is 13.2 Å². The molecule has 118 valence electrons. The Bertz CT molecular complexity index is 473. The standard InChI is InChI=1S/C9H14O2.C8H12O2/c1-9(2)5-4-7(10)8(6-9)11-3;1-8(2)4-3-5(9)6-7(8)10-6/h6H,4-5H2,1-3H3;6-7H,3-4H2,1-2H3. The minimum Gasteiger partial charge on any atom is -0.493 e. The Morgan fingerprint density at radius 2 is 1.81 bits per heavy atom. The van der Waals surface area contributed by atoms with E-state index in [0.717, 1.165) is 12.8 Å². The lowest BCUT2D eigenvalue weighted by Gasteiger charge is -2.25. The van der Waals surface area contributed by atoms with Crippen molar-refractivity contribution in [2.75, 3.05) is 7.11 Å². The van der Waals surface area contributed by atoms with E-state index in [0.29, 0.717) is 24.4 Å². The first kappa shape index (κ1) is 16.2. The maximum Gasteiger partial charge on any atom is 0.197 e. The predicted molar refractivity (Wildman–Crippen MR) is 79.8 cm³/mol. The number of ether oxygens (including phenoxy) is 2. The summed E-state index contributed by atoms with van der Waals surface area (Å²) >= 11 is 0. The second kappa shape index (κ2) is 5.56. The summed E-state index contributed by atoms with van der Waals surface area (Å²) in [6.45, 7) is 8.56. The van der Waals surface area contributed by atoms with Crippen molar-refractivity contribution in [1.29, 1.82) is 0 Å². The van der Waals surface area contributed by atoms with Crippen LogP contribution in [-0.4, -0.2) is 30.9 Å². The molecule has 21 heavy (non-hydrogen) atoms. The van der Waals surface area contributed by atoms with Crippen molar-refractivity contribution in [2.45, 2.75) is 65.6 Å². The van der Waals surface area contributed by atoms with E-state index in [4.69, 9.17) is 9.47 Å². The normalized spacial score (nSPS) is 32.3. The first-order valence-electron chi connectivity index (χ1n) is 7.64. The zero-order chi connectivity index (χ0) is 15.8. The smallest absolute Gasteiger partial charge is 0.197 e. The summed E-state index contributed by atoms with van der Waals surface area (Å²) < 4.78 is 10.2. The Kier molecular flexibility index (Phi) is 4.29. The number of methoxy groups -OCH3 is 1. The van der Waals surface area contributed by atoms with Gasteiger partial charge in [-0.05, 0) is 29.7 Å². The van der Waals surface area contributed by atoms with Crippen LogP contribution in [0.2, 0.25) is 0 Å². The zero-order valence-electron chi connectivity index (χ0n) is 13.7. The van der Waals surface area contributed by atoms with Crippen LogP contribution in [0.1, 0.15) is 53.4 Å². The molecule has 1 saturated carbocycles. The van der Waals surface area contributed by atoms with Crippen LogP contribution >= 0.6 is 0 Å². The molecule has 0 bridgehead atoms. The fourth-order valence-corrected chi connectivity index (χ4v) is 2.92. The van der Waals surface area contributed by atoms with Gasteiger partial charge >= 0.3 is 0 Å². The molecule has 0 aromatic heterocycles. The first-order chi connectivity index (χ1) is 9.66. The molecule has 2 atom stereocenters. The molecule has 0 amide bonds. The highest BCUT2D eigenvalue weighted by atomic mass is 16.6. The molecule has 1 aliphatic heterocycles. The van der Waals surface area contributed by atoms with Gasteiger partial charge in [0.15, 0.2) is 17.3 Å². The Morgan fingerprint density at radius 1 is 1.14 bits per heavy atom. The number of ketones is 2. The predicted octanol–water partition coefficient (Wildman–Crippen LogP) is 3.05. The van der Waals surface area contributed by atoms with Gasteiger partial charge in [-0.15, -0.1) is 0 Å². The summed E-state index contributed by atoms with van der Waals surface area (Å²) in [6.07, 6.45) is 5.39. The Balaban J connectivity index is 0.000000154. The summed E-state index contributed by atoms with van der Waals surface area (Å²) in [5, 5.41) is 0. The van der Waals surface area contributed by atoms with Crippen molar-refractivity contribution >= 4 is 11.6 Å². The number of epoxide rings is 1. The second-order valence-corrected chi connectivity index (χ2v) is 7.56. The molecule has 4 heteroatoms. The molecular weight excluding hydrogens is 268 g/mol. The topological polar surface area (TPSA) is 55.9 Å². The maximum absolute atomic E-state index is 11.1. The van der Waals surface area contributed by atoms with E-state index in [-0.39, 0.29) is 28.8 Å². The van der Waals surface area contributed by atoms with Gasteiger partial charge in [-0.2, -0.15) is 0 Å². The first-order valence-corrected chi connectivity index (χ1v) is 7.64. The molecular formula is C17H26O4. The lowest BCUT2D eigenvalue weighted by Crippen LogP contribution is -2.30. The van der Waals surface area contributed by atoms with Gasteiger partial charge in [0, 0.05) is 12.8 Å². The number of carbonyl (C=O) groups excluding carboxylic acids is 2. The second-order valence-electron chi connectivity index (χ2n) is 7.56. The number of allylic oxidation sites excluding steroid dienone is 2. The number of Topliss-reactive ketones (excluding diaryl/α,β-unsaturated/α-hetero) is 2. The van der Waals surface area contributed by atoms with Crippen molar-refractivity contribution in [3.05, 3.63) is 11.8 Å². The van der Waals surface area contributed by atoms with E-state index in [2.05, 4.69) is 27.7 Å². The molecule has 1 heterocycles. The van der Waals surface area contributed by atoms with E-state index in [1.807, 2.05) is 6.08 Å². The molecule has 0 radical (unpaired) electrons. The van der Waals surface area contributed by atoms with Crippen molar-refractivity contribution in [3.8, 4) is 0 Å². The fourth-order valence-electron chi connectivity index (χ4n) is 2.92. The molecule has 0 aromatic carbocycles. The molecule has 1 saturated heterocycles. The van der Waals surface area contributed by atoms with Gasteiger partial charge < -0.3 is 9.47 Å². The van der Waals surface area contributed by atoms with Crippen molar-refractivity contribution < 1.29 is 19.1 Å². The molecule has 0 aromatic rings. The SMILES string of the molecule is CC1(C)CCC(=O)C2OC21.COC1=CC(C)(C)CCC1=O. The van der Waals surface area contributed by atoms with E-state index in [1.165, 1.54) is 0 Å². The van der Waals surface area contributed by atoms with Crippen LogP contribution in [0.4, 0.5) is 0 Å². The highest BCUT2D eigenvalue weighted by Gasteiger charge is 2.56. The van der Waals surface area contributed by atoms with Gasteiger partial charge in [-0.25, -0.2) is 0 Å². The van der Waals surface area contributed by atoms with Crippen LogP contribution in [0.3, 0.4) is 0 Å². The average molecular weight is 294 g/mol. The van der Waals surface area contributed by atoms with Crippen LogP contribution in [0.5, 0.6) is 0 Å². The number of carbonyl (C=O) groups is 2. The minimum absolute atomic E-state index is 0.0243. The third kappa shape index (κ3) is 3.73. The Hall–Kier alpha value is -1.16. The Morgan fingerprint density at radius 3 is 2.33 bits per heavy atom. The molecule has 2 unspecified atom stereocenters. The van der Waals surface area contributed by atoms with Gasteiger partial charge in [0.1, 0.15) is 6.10 Å². The van der Waals surface area contributed by atoms with E-state index in [1.54, 1.807) is 7.11 Å². The van der Waals surface area contributed by atoms with Gasteiger partial charge in [-0.1, -0.05) is 27.7 Å². The summed E-state index contributed by atoms with van der Waals surface area (Å²) in [5.41, 5.74) is 0.373. The van der Waals surface area contributed by atoms with Gasteiger partial charge in [-0.3, -0.25) is 9.59 Å². The molecule has 0 spiro atoms. The number of fused-ring (bicyclic) bond motifs is 1. The summed E-state index contributed by atoms with van der Waals surface area (Å²) in [6, 6.07) is 0. The maximum atomic E-state index is 11.1. The van der Waals surface area contributed by atoms with Crippen LogP contribution in [0.25, 0.3) is 0 Å². The Labute approximate surface area is 126 Å². The highest BCUT2D eigenvalue weighted by molar-refractivity contribution is 5.94. The lowest BCUT2D eigenvalue weighted by molar-refractivity contribution is -0.121. The summed E-state index contributed by atoms with van der Waals surface area (Å²) in [5.74, 6) is 0.970. The van der Waals surface area contributed by atoms with Crippen LogP contribution in [0, 0.1) is 10.8 Å². The lowest BCUT2D eigenvalue weighted by atomic mass is 9.77. The van der Waals surface area contributed by atoms with E-state index in [9.17, 15) is 9.59 Å². The molecule has 4 nitrogen and oxygen atoms in total. The van der Waals surface area contributed by atoms with Crippen LogP contribution in [-0.2, 0) is 19.1 Å². The third-order valence-corrected chi connectivity index (χ3v) is 4.61. The van der Waals surface area contributed by atoms with Gasteiger partial charge in [0.2, 0.25) is 0 Å². The van der Waals surface area contributed by atoms with E-state index >= 15 is 0 Å². The number of hydrogen-bond acceptors (Lipinski definition) is 4. The van der Waals surface area contributed by atoms with Crippen molar-refractivity contribution in [2.24, 2.45) is 10.8 Å². The summed E-state index contributed by atoms with van der Waals surface area (Å²) in [4.78, 5) is 22.1. The minimum atomic E-state index is -0.0243. The highest BCUT2D eigenvalue weighted by Crippen LogP contribution is 2.46. The van der Waals surface area contributed by atoms with Crippen molar-refractivity contribution in [1.82, 2.24) is 0 Å².